The first-order valence-corrected chi connectivity index (χ1v) is 6.01. The smallest absolute Gasteiger partial charge is 0.243 e. The van der Waals surface area contributed by atoms with Crippen molar-refractivity contribution in [3.8, 4) is 0 Å². The molecule has 1 amide bonds. The second kappa shape index (κ2) is 8.11. The Hall–Kier alpha value is -1.09. The normalized spacial score (nSPS) is 19.4. The number of rotatable bonds is 7. The molecular weight excluding hydrogens is 202 g/mol. The first kappa shape index (κ1) is 13.0. The summed E-state index contributed by atoms with van der Waals surface area (Å²) in [6.45, 7) is 4.87. The summed E-state index contributed by atoms with van der Waals surface area (Å²) in [5, 5.41) is 2.74. The summed E-state index contributed by atoms with van der Waals surface area (Å²) < 4.78 is 5.70. The maximum absolute atomic E-state index is 10.8. The van der Waals surface area contributed by atoms with Crippen LogP contribution in [-0.4, -0.2) is 25.2 Å². The van der Waals surface area contributed by atoms with Gasteiger partial charge in [-0.1, -0.05) is 18.7 Å². The van der Waals surface area contributed by atoms with Gasteiger partial charge in [0, 0.05) is 13.2 Å². The van der Waals surface area contributed by atoms with Gasteiger partial charge in [-0.05, 0) is 38.2 Å². The summed E-state index contributed by atoms with van der Waals surface area (Å²) in [6, 6.07) is 0. The highest BCUT2D eigenvalue weighted by atomic mass is 16.5. The molecule has 0 aliphatic heterocycles. The lowest BCUT2D eigenvalue weighted by Gasteiger charge is -2.16. The number of hydrogen-bond donors (Lipinski definition) is 1. The zero-order chi connectivity index (χ0) is 11.6. The van der Waals surface area contributed by atoms with E-state index in [9.17, 15) is 4.79 Å². The summed E-state index contributed by atoms with van der Waals surface area (Å²) in [7, 11) is 0. The van der Waals surface area contributed by atoms with E-state index in [0.717, 1.165) is 25.9 Å². The van der Waals surface area contributed by atoms with Crippen LogP contribution in [0.15, 0.2) is 24.8 Å². The number of ether oxygens (including phenoxy) is 1. The highest BCUT2D eigenvalue weighted by Crippen LogP contribution is 2.13. The van der Waals surface area contributed by atoms with E-state index < -0.39 is 0 Å². The van der Waals surface area contributed by atoms with E-state index in [4.69, 9.17) is 4.74 Å². The Bertz CT molecular complexity index is 248. The van der Waals surface area contributed by atoms with Gasteiger partial charge in [-0.2, -0.15) is 0 Å². The van der Waals surface area contributed by atoms with Crippen molar-refractivity contribution >= 4 is 5.91 Å². The van der Waals surface area contributed by atoms with E-state index in [0.29, 0.717) is 12.6 Å². The molecule has 1 aliphatic rings. The SMILES string of the molecule is C=CC(=O)NCCCCOC1C=CCCC1. The average Bonchev–Trinajstić information content (AvgIpc) is 2.34. The number of carbonyl (C=O) groups is 1. The van der Waals surface area contributed by atoms with Gasteiger partial charge in [-0.15, -0.1) is 0 Å². The van der Waals surface area contributed by atoms with E-state index in [1.807, 2.05) is 0 Å². The molecule has 90 valence electrons. The van der Waals surface area contributed by atoms with Crippen LogP contribution in [0.5, 0.6) is 0 Å². The number of carbonyl (C=O) groups excluding carboxylic acids is 1. The Kier molecular flexibility index (Phi) is 6.58. The minimum absolute atomic E-state index is 0.101. The fourth-order valence-corrected chi connectivity index (χ4v) is 1.67. The van der Waals surface area contributed by atoms with Crippen molar-refractivity contribution < 1.29 is 9.53 Å². The van der Waals surface area contributed by atoms with E-state index in [1.54, 1.807) is 0 Å². The molecule has 16 heavy (non-hydrogen) atoms. The largest absolute Gasteiger partial charge is 0.374 e. The van der Waals surface area contributed by atoms with Crippen LogP contribution in [0.3, 0.4) is 0 Å². The highest BCUT2D eigenvalue weighted by Gasteiger charge is 2.07. The van der Waals surface area contributed by atoms with Crippen LogP contribution in [0.1, 0.15) is 32.1 Å². The highest BCUT2D eigenvalue weighted by molar-refractivity contribution is 5.86. The number of hydrogen-bond acceptors (Lipinski definition) is 2. The number of nitrogens with one attached hydrogen (secondary N) is 1. The summed E-state index contributed by atoms with van der Waals surface area (Å²) in [5.74, 6) is -0.101. The van der Waals surface area contributed by atoms with Crippen LogP contribution in [0, 0.1) is 0 Å². The third-order valence-electron chi connectivity index (χ3n) is 2.60. The Balaban J connectivity index is 1.91. The molecule has 1 rings (SSSR count). The molecule has 0 spiro atoms. The molecule has 3 heteroatoms. The predicted octanol–water partition coefficient (Wildman–Crippen LogP) is 2.19. The average molecular weight is 223 g/mol. The minimum Gasteiger partial charge on any atom is -0.374 e. The fourth-order valence-electron chi connectivity index (χ4n) is 1.67. The van der Waals surface area contributed by atoms with Gasteiger partial charge in [-0.25, -0.2) is 0 Å². The van der Waals surface area contributed by atoms with E-state index in [1.165, 1.54) is 18.9 Å². The number of unbranched alkanes of at least 4 members (excludes halogenated alkanes) is 1. The number of allylic oxidation sites excluding steroid dienone is 1. The van der Waals surface area contributed by atoms with Gasteiger partial charge < -0.3 is 10.1 Å². The van der Waals surface area contributed by atoms with Crippen LogP contribution in [0.2, 0.25) is 0 Å². The Morgan fingerprint density at radius 1 is 1.56 bits per heavy atom. The molecule has 0 fully saturated rings. The van der Waals surface area contributed by atoms with Crippen LogP contribution in [0.25, 0.3) is 0 Å². The molecule has 1 unspecified atom stereocenters. The van der Waals surface area contributed by atoms with Crippen molar-refractivity contribution in [3.63, 3.8) is 0 Å². The zero-order valence-corrected chi connectivity index (χ0v) is 9.78. The van der Waals surface area contributed by atoms with Crippen molar-refractivity contribution in [1.29, 1.82) is 0 Å². The first-order chi connectivity index (χ1) is 7.83. The molecule has 0 aromatic rings. The Morgan fingerprint density at radius 3 is 3.12 bits per heavy atom. The molecule has 0 heterocycles. The van der Waals surface area contributed by atoms with Crippen molar-refractivity contribution in [1.82, 2.24) is 5.32 Å². The topological polar surface area (TPSA) is 38.3 Å². The van der Waals surface area contributed by atoms with Crippen LogP contribution >= 0.6 is 0 Å². The van der Waals surface area contributed by atoms with Gasteiger partial charge >= 0.3 is 0 Å². The zero-order valence-electron chi connectivity index (χ0n) is 9.78. The van der Waals surface area contributed by atoms with E-state index in [2.05, 4.69) is 24.0 Å². The quantitative estimate of drug-likeness (QED) is 0.408. The van der Waals surface area contributed by atoms with Gasteiger partial charge in [0.05, 0.1) is 6.10 Å². The third kappa shape index (κ3) is 5.71. The molecule has 0 saturated carbocycles. The second-order valence-corrected chi connectivity index (χ2v) is 3.97. The molecule has 1 aliphatic carbocycles. The van der Waals surface area contributed by atoms with Crippen LogP contribution < -0.4 is 5.32 Å². The van der Waals surface area contributed by atoms with Crippen molar-refractivity contribution in [2.24, 2.45) is 0 Å². The predicted molar refractivity (Wildman–Crippen MR) is 65.2 cm³/mol. The molecule has 0 aromatic carbocycles. The lowest BCUT2D eigenvalue weighted by molar-refractivity contribution is -0.116. The third-order valence-corrected chi connectivity index (χ3v) is 2.60. The molecule has 0 radical (unpaired) electrons. The first-order valence-electron chi connectivity index (χ1n) is 6.01. The van der Waals surface area contributed by atoms with Crippen molar-refractivity contribution in [2.75, 3.05) is 13.2 Å². The monoisotopic (exact) mass is 223 g/mol. The van der Waals surface area contributed by atoms with Gasteiger partial charge in [0.1, 0.15) is 0 Å². The minimum atomic E-state index is -0.101. The maximum atomic E-state index is 10.8. The van der Waals surface area contributed by atoms with Gasteiger partial charge in [0.2, 0.25) is 5.91 Å². The standard InChI is InChI=1S/C13H21NO2/c1-2-13(15)14-10-6-7-11-16-12-8-4-3-5-9-12/h2,4,8,12H,1,3,5-7,9-11H2,(H,14,15). The van der Waals surface area contributed by atoms with Crippen LogP contribution in [-0.2, 0) is 9.53 Å². The summed E-state index contributed by atoms with van der Waals surface area (Å²) in [6.07, 6.45) is 11.5. The summed E-state index contributed by atoms with van der Waals surface area (Å²) >= 11 is 0. The molecule has 1 atom stereocenters. The van der Waals surface area contributed by atoms with Crippen LogP contribution in [0.4, 0.5) is 0 Å². The van der Waals surface area contributed by atoms with Gasteiger partial charge in [-0.3, -0.25) is 4.79 Å². The molecule has 0 saturated heterocycles. The van der Waals surface area contributed by atoms with Gasteiger partial charge in [0.25, 0.3) is 0 Å². The summed E-state index contributed by atoms with van der Waals surface area (Å²) in [5.41, 5.74) is 0. The maximum Gasteiger partial charge on any atom is 0.243 e. The molecule has 3 nitrogen and oxygen atoms in total. The lowest BCUT2D eigenvalue weighted by atomic mass is 10.1. The second-order valence-electron chi connectivity index (χ2n) is 3.97. The van der Waals surface area contributed by atoms with Crippen molar-refractivity contribution in [3.05, 3.63) is 24.8 Å². The Morgan fingerprint density at radius 2 is 2.44 bits per heavy atom. The molecule has 0 aromatic heterocycles. The lowest BCUT2D eigenvalue weighted by Crippen LogP contribution is -2.22. The number of amides is 1. The van der Waals surface area contributed by atoms with E-state index in [-0.39, 0.29) is 5.91 Å². The van der Waals surface area contributed by atoms with Crippen molar-refractivity contribution in [2.45, 2.75) is 38.2 Å². The molecular formula is C13H21NO2. The summed E-state index contributed by atoms with van der Waals surface area (Å²) in [4.78, 5) is 10.8. The molecule has 1 N–H and O–H groups in total. The van der Waals surface area contributed by atoms with Gasteiger partial charge in [0.15, 0.2) is 0 Å². The fraction of sp³-hybridized carbons (Fsp3) is 0.615. The molecule has 0 bridgehead atoms. The Labute approximate surface area is 97.6 Å². The van der Waals surface area contributed by atoms with E-state index >= 15 is 0 Å².